The molecule has 0 aromatic heterocycles. The summed E-state index contributed by atoms with van der Waals surface area (Å²) in [5, 5.41) is 8.63. The van der Waals surface area contributed by atoms with Crippen molar-refractivity contribution < 1.29 is 14.7 Å². The second kappa shape index (κ2) is 4.94. The molecule has 0 radical (unpaired) electrons. The standard InChI is InChI=1S/C11H16O3/c1-2-4-8-5-3-6-9(11(8)14)7-10(12)13/h2,8-9H,1,3-7H2,(H,12,13). The number of carboxylic acid groups (broad SMARTS) is 1. The maximum atomic E-state index is 11.7. The second-order valence-electron chi connectivity index (χ2n) is 3.85. The molecule has 0 saturated heterocycles. The van der Waals surface area contributed by atoms with E-state index in [4.69, 9.17) is 5.11 Å². The summed E-state index contributed by atoms with van der Waals surface area (Å²) in [5.41, 5.74) is 0. The average molecular weight is 196 g/mol. The first-order valence-electron chi connectivity index (χ1n) is 5.01. The Morgan fingerprint density at radius 2 is 2.14 bits per heavy atom. The number of hydrogen-bond donors (Lipinski definition) is 1. The van der Waals surface area contributed by atoms with E-state index in [2.05, 4.69) is 6.58 Å². The van der Waals surface area contributed by atoms with Crippen molar-refractivity contribution in [2.24, 2.45) is 11.8 Å². The van der Waals surface area contributed by atoms with Crippen LogP contribution in [0.4, 0.5) is 0 Å². The Morgan fingerprint density at radius 1 is 1.50 bits per heavy atom. The van der Waals surface area contributed by atoms with Crippen LogP contribution in [0.3, 0.4) is 0 Å². The highest BCUT2D eigenvalue weighted by atomic mass is 16.4. The zero-order valence-electron chi connectivity index (χ0n) is 8.24. The fourth-order valence-corrected chi connectivity index (χ4v) is 2.08. The largest absolute Gasteiger partial charge is 0.481 e. The lowest BCUT2D eigenvalue weighted by atomic mass is 9.77. The van der Waals surface area contributed by atoms with Crippen LogP contribution in [0.2, 0.25) is 0 Å². The molecule has 0 bridgehead atoms. The molecule has 1 aliphatic rings. The molecular formula is C11H16O3. The summed E-state index contributed by atoms with van der Waals surface area (Å²) in [4.78, 5) is 22.2. The quantitative estimate of drug-likeness (QED) is 0.700. The van der Waals surface area contributed by atoms with Gasteiger partial charge in [-0.05, 0) is 19.3 Å². The molecule has 2 unspecified atom stereocenters. The molecule has 0 aliphatic heterocycles. The van der Waals surface area contributed by atoms with Gasteiger partial charge in [0, 0.05) is 11.8 Å². The van der Waals surface area contributed by atoms with Crippen LogP contribution in [0.15, 0.2) is 12.7 Å². The van der Waals surface area contributed by atoms with Gasteiger partial charge in [-0.3, -0.25) is 9.59 Å². The highest BCUT2D eigenvalue weighted by Crippen LogP contribution is 2.29. The molecule has 0 aromatic carbocycles. The molecule has 3 heteroatoms. The summed E-state index contributed by atoms with van der Waals surface area (Å²) in [7, 11) is 0. The lowest BCUT2D eigenvalue weighted by Crippen LogP contribution is -2.29. The summed E-state index contributed by atoms with van der Waals surface area (Å²) in [6.45, 7) is 3.61. The van der Waals surface area contributed by atoms with E-state index in [1.54, 1.807) is 6.08 Å². The number of hydrogen-bond acceptors (Lipinski definition) is 2. The summed E-state index contributed by atoms with van der Waals surface area (Å²) in [6, 6.07) is 0. The molecule has 14 heavy (non-hydrogen) atoms. The lowest BCUT2D eigenvalue weighted by Gasteiger charge is -2.25. The van der Waals surface area contributed by atoms with Crippen molar-refractivity contribution in [1.29, 1.82) is 0 Å². The maximum Gasteiger partial charge on any atom is 0.304 e. The second-order valence-corrected chi connectivity index (χ2v) is 3.85. The average Bonchev–Trinajstić information content (AvgIpc) is 2.11. The van der Waals surface area contributed by atoms with E-state index in [1.165, 1.54) is 0 Å². The third-order valence-corrected chi connectivity index (χ3v) is 2.78. The van der Waals surface area contributed by atoms with Crippen LogP contribution in [-0.2, 0) is 9.59 Å². The Morgan fingerprint density at radius 3 is 2.71 bits per heavy atom. The minimum atomic E-state index is -0.873. The van der Waals surface area contributed by atoms with Crippen molar-refractivity contribution in [3.63, 3.8) is 0 Å². The van der Waals surface area contributed by atoms with Crippen LogP contribution in [0.25, 0.3) is 0 Å². The van der Waals surface area contributed by atoms with Gasteiger partial charge in [-0.1, -0.05) is 12.5 Å². The summed E-state index contributed by atoms with van der Waals surface area (Å²) in [5.74, 6) is -0.988. The molecule has 3 nitrogen and oxygen atoms in total. The Hall–Kier alpha value is -1.12. The smallest absolute Gasteiger partial charge is 0.304 e. The fourth-order valence-electron chi connectivity index (χ4n) is 2.08. The SMILES string of the molecule is C=CCC1CCCC(CC(=O)O)C1=O. The molecular weight excluding hydrogens is 180 g/mol. The van der Waals surface area contributed by atoms with Crippen LogP contribution in [0, 0.1) is 11.8 Å². The molecule has 0 amide bonds. The minimum Gasteiger partial charge on any atom is -0.481 e. The Labute approximate surface area is 83.8 Å². The summed E-state index contributed by atoms with van der Waals surface area (Å²) in [6.07, 6.45) is 5.01. The van der Waals surface area contributed by atoms with E-state index in [1.807, 2.05) is 0 Å². The number of rotatable bonds is 4. The van der Waals surface area contributed by atoms with Gasteiger partial charge < -0.3 is 5.11 Å². The van der Waals surface area contributed by atoms with Crippen molar-refractivity contribution in [1.82, 2.24) is 0 Å². The van der Waals surface area contributed by atoms with Gasteiger partial charge in [-0.15, -0.1) is 6.58 Å². The van der Waals surface area contributed by atoms with Crippen LogP contribution in [0.1, 0.15) is 32.1 Å². The maximum absolute atomic E-state index is 11.7. The van der Waals surface area contributed by atoms with E-state index in [9.17, 15) is 9.59 Å². The van der Waals surface area contributed by atoms with Crippen LogP contribution in [-0.4, -0.2) is 16.9 Å². The first-order chi connectivity index (χ1) is 6.65. The highest BCUT2D eigenvalue weighted by Gasteiger charge is 2.31. The Bertz CT molecular complexity index is 245. The van der Waals surface area contributed by atoms with Gasteiger partial charge in [-0.2, -0.15) is 0 Å². The monoisotopic (exact) mass is 196 g/mol. The first-order valence-corrected chi connectivity index (χ1v) is 5.01. The van der Waals surface area contributed by atoms with Gasteiger partial charge >= 0.3 is 5.97 Å². The number of carbonyl (C=O) groups excluding carboxylic acids is 1. The van der Waals surface area contributed by atoms with Crippen molar-refractivity contribution in [2.45, 2.75) is 32.1 Å². The predicted molar refractivity (Wildman–Crippen MR) is 52.9 cm³/mol. The number of ketones is 1. The number of allylic oxidation sites excluding steroid dienone is 1. The van der Waals surface area contributed by atoms with Gasteiger partial charge in [0.05, 0.1) is 6.42 Å². The molecule has 2 atom stereocenters. The van der Waals surface area contributed by atoms with Gasteiger partial charge in [-0.25, -0.2) is 0 Å². The molecule has 0 aromatic rings. The summed E-state index contributed by atoms with van der Waals surface area (Å²) < 4.78 is 0. The van der Waals surface area contributed by atoms with E-state index in [-0.39, 0.29) is 24.0 Å². The molecule has 1 saturated carbocycles. The molecule has 1 N–H and O–H groups in total. The molecule has 0 heterocycles. The zero-order valence-corrected chi connectivity index (χ0v) is 8.24. The summed E-state index contributed by atoms with van der Waals surface area (Å²) >= 11 is 0. The molecule has 1 aliphatic carbocycles. The number of carboxylic acids is 1. The van der Waals surface area contributed by atoms with E-state index >= 15 is 0 Å². The van der Waals surface area contributed by atoms with Crippen molar-refractivity contribution in [2.75, 3.05) is 0 Å². The number of Topliss-reactive ketones (excluding diaryl/α,β-unsaturated/α-hetero) is 1. The van der Waals surface area contributed by atoms with E-state index in [0.29, 0.717) is 6.42 Å². The van der Waals surface area contributed by atoms with Crippen LogP contribution < -0.4 is 0 Å². The third-order valence-electron chi connectivity index (χ3n) is 2.78. The number of aliphatic carboxylic acids is 1. The van der Waals surface area contributed by atoms with Gasteiger partial charge in [0.15, 0.2) is 0 Å². The topological polar surface area (TPSA) is 54.4 Å². The Balaban J connectivity index is 2.56. The lowest BCUT2D eigenvalue weighted by molar-refractivity contribution is -0.142. The normalized spacial score (nSPS) is 27.3. The van der Waals surface area contributed by atoms with Crippen molar-refractivity contribution >= 4 is 11.8 Å². The van der Waals surface area contributed by atoms with Crippen molar-refractivity contribution in [3.8, 4) is 0 Å². The molecule has 1 fully saturated rings. The highest BCUT2D eigenvalue weighted by molar-refractivity contribution is 5.87. The molecule has 0 spiro atoms. The Kier molecular flexibility index (Phi) is 3.86. The molecule has 1 rings (SSSR count). The number of carbonyl (C=O) groups is 2. The van der Waals surface area contributed by atoms with Gasteiger partial charge in [0.25, 0.3) is 0 Å². The molecule has 78 valence electrons. The van der Waals surface area contributed by atoms with Crippen molar-refractivity contribution in [3.05, 3.63) is 12.7 Å². The fraction of sp³-hybridized carbons (Fsp3) is 0.636. The minimum absolute atomic E-state index is 0.00746. The van der Waals surface area contributed by atoms with Crippen LogP contribution >= 0.6 is 0 Å². The first kappa shape index (κ1) is 11.0. The van der Waals surface area contributed by atoms with E-state index in [0.717, 1.165) is 19.3 Å². The predicted octanol–water partition coefficient (Wildman–Crippen LogP) is 2.02. The third kappa shape index (κ3) is 2.69. The van der Waals surface area contributed by atoms with E-state index < -0.39 is 5.97 Å². The van der Waals surface area contributed by atoms with Gasteiger partial charge in [0.2, 0.25) is 0 Å². The van der Waals surface area contributed by atoms with Crippen LogP contribution in [0.5, 0.6) is 0 Å². The van der Waals surface area contributed by atoms with Gasteiger partial charge in [0.1, 0.15) is 5.78 Å². The zero-order chi connectivity index (χ0) is 10.6.